The molecule has 1 aliphatic heterocycles. The molecule has 0 bridgehead atoms. The largest absolute Gasteiger partial charge is 0.434 e. The number of aryl methyl sites for hydroxylation is 1. The summed E-state index contributed by atoms with van der Waals surface area (Å²) in [6, 6.07) is 0. The lowest BCUT2D eigenvalue weighted by atomic mass is 9.89. The number of anilines is 1. The first-order valence-electron chi connectivity index (χ1n) is 8.00. The van der Waals surface area contributed by atoms with Crippen LogP contribution in [0.2, 0.25) is 0 Å². The summed E-state index contributed by atoms with van der Waals surface area (Å²) in [5, 5.41) is 0.453. The fraction of sp³-hybridized carbons (Fsp3) is 0.533. The van der Waals surface area contributed by atoms with Gasteiger partial charge in [-0.1, -0.05) is 0 Å². The van der Waals surface area contributed by atoms with Gasteiger partial charge in [0.15, 0.2) is 10.8 Å². The van der Waals surface area contributed by atoms with Gasteiger partial charge in [0.1, 0.15) is 5.82 Å². The zero-order valence-corrected chi connectivity index (χ0v) is 14.0. The molecular formula is C15H16F3N5OS. The van der Waals surface area contributed by atoms with Gasteiger partial charge >= 0.3 is 6.18 Å². The van der Waals surface area contributed by atoms with Gasteiger partial charge < -0.3 is 15.2 Å². The number of rotatable bonds is 1. The molecule has 1 aliphatic carbocycles. The molecule has 2 aliphatic rings. The van der Waals surface area contributed by atoms with E-state index >= 15 is 0 Å². The van der Waals surface area contributed by atoms with Gasteiger partial charge in [0.2, 0.25) is 5.91 Å². The van der Waals surface area contributed by atoms with E-state index in [1.807, 2.05) is 0 Å². The van der Waals surface area contributed by atoms with Crippen LogP contribution in [0.5, 0.6) is 0 Å². The number of amides is 1. The van der Waals surface area contributed by atoms with E-state index in [4.69, 9.17) is 5.73 Å². The number of halogens is 3. The molecule has 3 heterocycles. The Kier molecular flexibility index (Phi) is 3.75. The van der Waals surface area contributed by atoms with Crippen molar-refractivity contribution in [3.63, 3.8) is 0 Å². The molecule has 0 radical (unpaired) electrons. The third kappa shape index (κ3) is 2.88. The van der Waals surface area contributed by atoms with E-state index in [0.29, 0.717) is 24.6 Å². The van der Waals surface area contributed by atoms with E-state index < -0.39 is 11.9 Å². The minimum absolute atomic E-state index is 0.0837. The Hall–Kier alpha value is -2.10. The number of nitrogens with two attached hydrogens (primary N) is 1. The summed E-state index contributed by atoms with van der Waals surface area (Å²) in [6.45, 7) is 0.758. The summed E-state index contributed by atoms with van der Waals surface area (Å²) in [7, 11) is 0. The van der Waals surface area contributed by atoms with Crippen LogP contribution < -0.4 is 5.73 Å². The number of thiazole rings is 1. The van der Waals surface area contributed by atoms with Crippen molar-refractivity contribution < 1.29 is 18.0 Å². The molecule has 2 aromatic heterocycles. The van der Waals surface area contributed by atoms with E-state index in [0.717, 1.165) is 29.6 Å². The van der Waals surface area contributed by atoms with Gasteiger partial charge in [0, 0.05) is 24.2 Å². The Balaban J connectivity index is 1.56. The lowest BCUT2D eigenvalue weighted by molar-refractivity contribution is -0.141. The highest BCUT2D eigenvalue weighted by Crippen LogP contribution is 2.37. The Morgan fingerprint density at radius 1 is 1.32 bits per heavy atom. The number of nitrogens with zero attached hydrogens (tertiary/aromatic N) is 4. The molecule has 1 unspecified atom stereocenters. The molecule has 0 spiro atoms. The van der Waals surface area contributed by atoms with Crippen molar-refractivity contribution >= 4 is 22.4 Å². The lowest BCUT2D eigenvalue weighted by Crippen LogP contribution is -2.41. The van der Waals surface area contributed by atoms with Crippen molar-refractivity contribution in [3.05, 3.63) is 28.3 Å². The third-order valence-corrected chi connectivity index (χ3v) is 5.63. The zero-order chi connectivity index (χ0) is 17.8. The van der Waals surface area contributed by atoms with Crippen LogP contribution in [0, 0.1) is 0 Å². The summed E-state index contributed by atoms with van der Waals surface area (Å²) in [5.41, 5.74) is 5.60. The highest BCUT2D eigenvalue weighted by atomic mass is 32.1. The van der Waals surface area contributed by atoms with Gasteiger partial charge in [-0.05, 0) is 19.3 Å². The number of imidazole rings is 1. The number of hydrogen-bond acceptors (Lipinski definition) is 5. The van der Waals surface area contributed by atoms with Crippen LogP contribution >= 0.6 is 11.3 Å². The number of carbonyl (C=O) groups excluding carboxylic acids is 1. The topological polar surface area (TPSA) is 77.0 Å². The highest BCUT2D eigenvalue weighted by Gasteiger charge is 2.38. The fourth-order valence-electron chi connectivity index (χ4n) is 3.47. The molecule has 2 aromatic rings. The molecule has 0 saturated carbocycles. The predicted molar refractivity (Wildman–Crippen MR) is 84.9 cm³/mol. The van der Waals surface area contributed by atoms with Crippen LogP contribution in [-0.4, -0.2) is 31.9 Å². The highest BCUT2D eigenvalue weighted by molar-refractivity contribution is 7.15. The second kappa shape index (κ2) is 5.72. The molecule has 2 N–H and O–H groups in total. The lowest BCUT2D eigenvalue weighted by Gasteiger charge is -2.31. The molecule has 0 aromatic carbocycles. The molecule has 0 fully saturated rings. The first kappa shape index (κ1) is 16.4. The van der Waals surface area contributed by atoms with Crippen molar-refractivity contribution in [1.82, 2.24) is 19.4 Å². The van der Waals surface area contributed by atoms with Crippen molar-refractivity contribution in [2.75, 3.05) is 12.3 Å². The summed E-state index contributed by atoms with van der Waals surface area (Å²) in [6.07, 6.45) is -1.03. The van der Waals surface area contributed by atoms with Crippen LogP contribution in [0.4, 0.5) is 18.3 Å². The van der Waals surface area contributed by atoms with Crippen molar-refractivity contribution in [2.45, 2.75) is 44.4 Å². The second-order valence-electron chi connectivity index (χ2n) is 6.30. The van der Waals surface area contributed by atoms with Gasteiger partial charge in [0.25, 0.3) is 0 Å². The standard InChI is InChI=1S/C15H16F3N5OS/c16-15(17,18)10-6-22-4-5-23(7-11(22)20-10)13(24)8-2-1-3-9-12(8)21-14(19)25-9/h6,8H,1-5,7H2,(H2,19,21). The van der Waals surface area contributed by atoms with Gasteiger partial charge in [-0.2, -0.15) is 13.2 Å². The number of alkyl halides is 3. The molecule has 6 nitrogen and oxygen atoms in total. The van der Waals surface area contributed by atoms with Crippen molar-refractivity contribution in [3.8, 4) is 0 Å². The van der Waals surface area contributed by atoms with E-state index in [1.165, 1.54) is 15.9 Å². The van der Waals surface area contributed by atoms with E-state index in [1.54, 1.807) is 4.90 Å². The first-order chi connectivity index (χ1) is 11.8. The van der Waals surface area contributed by atoms with E-state index in [2.05, 4.69) is 9.97 Å². The molecule has 10 heteroatoms. The van der Waals surface area contributed by atoms with E-state index in [9.17, 15) is 18.0 Å². The maximum atomic E-state index is 12.9. The molecular weight excluding hydrogens is 355 g/mol. The smallest absolute Gasteiger partial charge is 0.375 e. The maximum absolute atomic E-state index is 12.9. The minimum atomic E-state index is -4.48. The molecule has 134 valence electrons. The Morgan fingerprint density at radius 2 is 2.12 bits per heavy atom. The number of carbonyl (C=O) groups is 1. The predicted octanol–water partition coefficient (Wildman–Crippen LogP) is 2.40. The Morgan fingerprint density at radius 3 is 2.88 bits per heavy atom. The van der Waals surface area contributed by atoms with Crippen LogP contribution in [-0.2, 0) is 30.5 Å². The van der Waals surface area contributed by atoms with Crippen LogP contribution in [0.1, 0.15) is 40.8 Å². The average Bonchev–Trinajstić information content (AvgIpc) is 3.14. The van der Waals surface area contributed by atoms with Crippen LogP contribution in [0.3, 0.4) is 0 Å². The zero-order valence-electron chi connectivity index (χ0n) is 13.2. The maximum Gasteiger partial charge on any atom is 0.434 e. The van der Waals surface area contributed by atoms with Crippen molar-refractivity contribution in [2.24, 2.45) is 0 Å². The molecule has 4 rings (SSSR count). The van der Waals surface area contributed by atoms with Gasteiger partial charge in [-0.15, -0.1) is 11.3 Å². The fourth-order valence-corrected chi connectivity index (χ4v) is 4.41. The third-order valence-electron chi connectivity index (χ3n) is 4.67. The normalized spacial score (nSPS) is 20.3. The first-order valence-corrected chi connectivity index (χ1v) is 8.81. The van der Waals surface area contributed by atoms with E-state index in [-0.39, 0.29) is 24.2 Å². The van der Waals surface area contributed by atoms with Gasteiger partial charge in [-0.3, -0.25) is 4.79 Å². The Labute approximate surface area is 145 Å². The van der Waals surface area contributed by atoms with Gasteiger partial charge in [0.05, 0.1) is 18.2 Å². The SMILES string of the molecule is Nc1nc2c(s1)CCCC2C(=O)N1CCn2cc(C(F)(F)F)nc2C1. The number of aromatic nitrogens is 3. The molecule has 1 atom stereocenters. The minimum Gasteiger partial charge on any atom is -0.375 e. The average molecular weight is 371 g/mol. The summed E-state index contributed by atoms with van der Waals surface area (Å²) in [5.74, 6) is -0.198. The summed E-state index contributed by atoms with van der Waals surface area (Å²) < 4.78 is 39.9. The van der Waals surface area contributed by atoms with Crippen LogP contribution in [0.15, 0.2) is 6.20 Å². The number of fused-ring (bicyclic) bond motifs is 2. The quantitative estimate of drug-likeness (QED) is 0.835. The Bertz CT molecular complexity index is 828. The van der Waals surface area contributed by atoms with Crippen molar-refractivity contribution in [1.29, 1.82) is 0 Å². The summed E-state index contributed by atoms with van der Waals surface area (Å²) in [4.78, 5) is 23.5. The van der Waals surface area contributed by atoms with Gasteiger partial charge in [-0.25, -0.2) is 9.97 Å². The van der Waals surface area contributed by atoms with Crippen LogP contribution in [0.25, 0.3) is 0 Å². The second-order valence-corrected chi connectivity index (χ2v) is 7.41. The summed E-state index contributed by atoms with van der Waals surface area (Å²) >= 11 is 1.41. The number of hydrogen-bond donors (Lipinski definition) is 1. The number of nitrogen functional groups attached to an aromatic ring is 1. The molecule has 1 amide bonds. The molecule has 0 saturated heterocycles. The monoisotopic (exact) mass is 371 g/mol. The molecule has 25 heavy (non-hydrogen) atoms.